The summed E-state index contributed by atoms with van der Waals surface area (Å²) in [5.74, 6) is 0.277. The Hall–Kier alpha value is -3.11. The SMILES string of the molecule is CC(C)Cn1c(=O)n(C)c(=O)c2[nH]cnc21.CN(C)C(N)=NC(=N)N. The zero-order valence-electron chi connectivity index (χ0n) is 15.1. The molecule has 25 heavy (non-hydrogen) atoms. The van der Waals surface area contributed by atoms with Gasteiger partial charge in [0, 0.05) is 27.7 Å². The van der Waals surface area contributed by atoms with Gasteiger partial charge in [0.2, 0.25) is 5.96 Å². The maximum absolute atomic E-state index is 11.9. The van der Waals surface area contributed by atoms with Crippen molar-refractivity contribution in [2.45, 2.75) is 20.4 Å². The van der Waals surface area contributed by atoms with E-state index in [1.54, 1.807) is 19.0 Å². The van der Waals surface area contributed by atoms with Crippen LogP contribution in [0.1, 0.15) is 13.8 Å². The number of aliphatic imine (C=N–C) groups is 1. The Labute approximate surface area is 144 Å². The molecule has 0 aromatic carbocycles. The number of aromatic amines is 1. The lowest BCUT2D eigenvalue weighted by atomic mass is 10.2. The highest BCUT2D eigenvalue weighted by Gasteiger charge is 2.13. The van der Waals surface area contributed by atoms with Crippen molar-refractivity contribution in [1.82, 2.24) is 24.0 Å². The van der Waals surface area contributed by atoms with Gasteiger partial charge in [-0.15, -0.1) is 0 Å². The van der Waals surface area contributed by atoms with Crippen LogP contribution in [-0.2, 0) is 13.6 Å². The summed E-state index contributed by atoms with van der Waals surface area (Å²) in [6.45, 7) is 4.57. The second kappa shape index (κ2) is 8.13. The molecule has 2 aromatic rings. The number of hydrogen-bond acceptors (Lipinski definition) is 4. The maximum atomic E-state index is 11.9. The fourth-order valence-electron chi connectivity index (χ4n) is 1.93. The molecule has 0 fully saturated rings. The number of imidazole rings is 1. The minimum atomic E-state index is -0.336. The summed E-state index contributed by atoms with van der Waals surface area (Å²) < 4.78 is 2.63. The average Bonchev–Trinajstić information content (AvgIpc) is 2.98. The monoisotopic (exact) mass is 351 g/mol. The minimum absolute atomic E-state index is 0.238. The van der Waals surface area contributed by atoms with Gasteiger partial charge in [-0.05, 0) is 5.92 Å². The summed E-state index contributed by atoms with van der Waals surface area (Å²) >= 11 is 0. The Morgan fingerprint density at radius 2 is 2.00 bits per heavy atom. The number of fused-ring (bicyclic) bond motifs is 1. The van der Waals surface area contributed by atoms with Gasteiger partial charge in [-0.1, -0.05) is 13.8 Å². The summed E-state index contributed by atoms with van der Waals surface area (Å²) in [5.41, 5.74) is 10.3. The zero-order chi connectivity index (χ0) is 19.3. The minimum Gasteiger partial charge on any atom is -0.369 e. The molecule has 0 unspecified atom stereocenters. The average molecular weight is 351 g/mol. The Morgan fingerprint density at radius 3 is 2.44 bits per heavy atom. The third-order valence-electron chi connectivity index (χ3n) is 3.15. The highest BCUT2D eigenvalue weighted by Crippen LogP contribution is 2.04. The van der Waals surface area contributed by atoms with Crippen LogP contribution < -0.4 is 22.7 Å². The third kappa shape index (κ3) is 4.93. The molecule has 138 valence electrons. The second-order valence-electron chi connectivity index (χ2n) is 6.00. The van der Waals surface area contributed by atoms with E-state index in [1.165, 1.54) is 17.9 Å². The lowest BCUT2D eigenvalue weighted by Crippen LogP contribution is -2.38. The summed E-state index contributed by atoms with van der Waals surface area (Å²) in [6, 6.07) is 0. The smallest absolute Gasteiger partial charge is 0.332 e. The van der Waals surface area contributed by atoms with Crippen molar-refractivity contribution in [3.63, 3.8) is 0 Å². The van der Waals surface area contributed by atoms with Gasteiger partial charge in [-0.3, -0.25) is 19.3 Å². The molecule has 6 N–H and O–H groups in total. The van der Waals surface area contributed by atoms with Gasteiger partial charge in [0.15, 0.2) is 11.6 Å². The fourth-order valence-corrected chi connectivity index (χ4v) is 1.93. The molecule has 2 aromatic heterocycles. The van der Waals surface area contributed by atoms with Gasteiger partial charge in [0.05, 0.1) is 6.33 Å². The Balaban J connectivity index is 0.000000299. The van der Waals surface area contributed by atoms with E-state index in [0.29, 0.717) is 23.6 Å². The number of nitrogens with two attached hydrogens (primary N) is 2. The number of rotatable bonds is 2. The zero-order valence-corrected chi connectivity index (χ0v) is 15.1. The molecule has 0 aliphatic heterocycles. The largest absolute Gasteiger partial charge is 0.369 e. The van der Waals surface area contributed by atoms with Gasteiger partial charge < -0.3 is 21.4 Å². The molecule has 0 saturated carbocycles. The quantitative estimate of drug-likeness (QED) is 0.393. The lowest BCUT2D eigenvalue weighted by molar-refractivity contribution is 0.500. The summed E-state index contributed by atoms with van der Waals surface area (Å²) in [4.78, 5) is 35.5. The van der Waals surface area contributed by atoms with Crippen LogP contribution in [0.2, 0.25) is 0 Å². The van der Waals surface area contributed by atoms with Crippen molar-refractivity contribution in [2.24, 2.45) is 29.4 Å². The molecule has 0 spiro atoms. The first kappa shape index (κ1) is 19.9. The van der Waals surface area contributed by atoms with Crippen molar-refractivity contribution >= 4 is 23.1 Å². The number of hydrogen-bond donors (Lipinski definition) is 4. The van der Waals surface area contributed by atoms with Gasteiger partial charge in [0.1, 0.15) is 5.52 Å². The molecule has 0 bridgehead atoms. The van der Waals surface area contributed by atoms with Gasteiger partial charge in [-0.2, -0.15) is 4.99 Å². The molecule has 0 saturated heterocycles. The summed E-state index contributed by atoms with van der Waals surface area (Å²) in [5, 5.41) is 6.70. The second-order valence-corrected chi connectivity index (χ2v) is 6.00. The highest BCUT2D eigenvalue weighted by molar-refractivity contribution is 5.91. The van der Waals surface area contributed by atoms with E-state index in [2.05, 4.69) is 15.0 Å². The summed E-state index contributed by atoms with van der Waals surface area (Å²) in [6.07, 6.45) is 1.43. The number of aromatic nitrogens is 4. The predicted octanol–water partition coefficient (Wildman–Crippen LogP) is -1.16. The third-order valence-corrected chi connectivity index (χ3v) is 3.15. The highest BCUT2D eigenvalue weighted by atomic mass is 16.2. The number of guanidine groups is 2. The van der Waals surface area contributed by atoms with E-state index in [4.69, 9.17) is 16.9 Å². The van der Waals surface area contributed by atoms with Crippen LogP contribution in [0.3, 0.4) is 0 Å². The Morgan fingerprint density at radius 1 is 1.40 bits per heavy atom. The molecule has 2 rings (SSSR count). The van der Waals surface area contributed by atoms with Crippen LogP contribution in [0.15, 0.2) is 20.9 Å². The van der Waals surface area contributed by atoms with Crippen molar-refractivity contribution < 1.29 is 0 Å². The first-order valence-corrected chi connectivity index (χ1v) is 7.54. The van der Waals surface area contributed by atoms with Gasteiger partial charge >= 0.3 is 5.69 Å². The van der Waals surface area contributed by atoms with E-state index in [9.17, 15) is 9.59 Å². The molecule has 0 aliphatic carbocycles. The van der Waals surface area contributed by atoms with Crippen LogP contribution in [-0.4, -0.2) is 50.0 Å². The van der Waals surface area contributed by atoms with Crippen molar-refractivity contribution in [1.29, 1.82) is 5.41 Å². The van der Waals surface area contributed by atoms with Gasteiger partial charge in [-0.25, -0.2) is 9.78 Å². The molecule has 0 atom stereocenters. The number of nitrogens with zero attached hydrogens (tertiary/aromatic N) is 5. The van der Waals surface area contributed by atoms with Crippen molar-refractivity contribution in [2.75, 3.05) is 14.1 Å². The number of nitrogens with one attached hydrogen (secondary N) is 2. The van der Waals surface area contributed by atoms with Crippen LogP contribution in [0, 0.1) is 11.3 Å². The fraction of sp³-hybridized carbons (Fsp3) is 0.500. The van der Waals surface area contributed by atoms with Crippen LogP contribution in [0.5, 0.6) is 0 Å². The Kier molecular flexibility index (Phi) is 6.48. The standard InChI is InChI=1S/C10H14N4O2.C4H11N5/c1-6(2)4-14-8-7(11-5-12-8)9(15)13(3)10(14)16;1-9(2)4(7)8-3(5)6/h5-6H,4H2,1-3H3,(H,11,12);1-2H3,(H5,5,6,7,8). The molecule has 0 aliphatic rings. The van der Waals surface area contributed by atoms with Crippen molar-refractivity contribution in [3.8, 4) is 0 Å². The first-order valence-electron chi connectivity index (χ1n) is 7.54. The van der Waals surface area contributed by atoms with E-state index in [0.717, 1.165) is 4.57 Å². The van der Waals surface area contributed by atoms with Crippen LogP contribution in [0.4, 0.5) is 0 Å². The molecule has 11 nitrogen and oxygen atoms in total. The topological polar surface area (TPSA) is 164 Å². The van der Waals surface area contributed by atoms with E-state index in [1.807, 2.05) is 13.8 Å². The molecular weight excluding hydrogens is 326 g/mol. The number of H-pyrrole nitrogens is 1. The molecule has 0 radical (unpaired) electrons. The summed E-state index contributed by atoms with van der Waals surface area (Å²) in [7, 11) is 4.92. The molecular formula is C14H25N9O2. The Bertz CT molecular complexity index is 886. The molecule has 0 amide bonds. The van der Waals surface area contributed by atoms with Gasteiger partial charge in [0.25, 0.3) is 5.56 Å². The maximum Gasteiger partial charge on any atom is 0.332 e. The van der Waals surface area contributed by atoms with E-state index < -0.39 is 0 Å². The predicted molar refractivity (Wildman–Crippen MR) is 97.7 cm³/mol. The molecule has 2 heterocycles. The lowest BCUT2D eigenvalue weighted by Gasteiger charge is -2.10. The first-order chi connectivity index (χ1) is 11.6. The van der Waals surface area contributed by atoms with E-state index >= 15 is 0 Å². The van der Waals surface area contributed by atoms with Crippen LogP contribution in [0.25, 0.3) is 11.2 Å². The molecule has 11 heteroatoms. The van der Waals surface area contributed by atoms with Crippen molar-refractivity contribution in [3.05, 3.63) is 27.2 Å². The van der Waals surface area contributed by atoms with E-state index in [-0.39, 0.29) is 23.2 Å². The normalized spacial score (nSPS) is 11.4. The van der Waals surface area contributed by atoms with Crippen LogP contribution >= 0.6 is 0 Å².